The van der Waals surface area contributed by atoms with Gasteiger partial charge in [0.2, 0.25) is 0 Å². The molecular formula is C21H28N2O3S. The molecule has 2 aromatic rings. The number of carbonyl (C=O) groups excluding carboxylic acids is 1. The van der Waals surface area contributed by atoms with Crippen LogP contribution in [-0.4, -0.2) is 20.9 Å². The van der Waals surface area contributed by atoms with E-state index in [1.165, 1.54) is 24.3 Å². The van der Waals surface area contributed by atoms with E-state index in [2.05, 4.69) is 37.7 Å². The van der Waals surface area contributed by atoms with E-state index < -0.39 is 10.0 Å². The maximum Gasteiger partial charge on any atom is 0.261 e. The lowest BCUT2D eigenvalue weighted by Crippen LogP contribution is -2.25. The lowest BCUT2D eigenvalue weighted by atomic mass is 10.0. The molecule has 0 bridgehead atoms. The second kappa shape index (κ2) is 9.04. The molecule has 0 unspecified atom stereocenters. The van der Waals surface area contributed by atoms with Gasteiger partial charge in [0, 0.05) is 17.8 Å². The fourth-order valence-electron chi connectivity index (χ4n) is 2.51. The Bertz CT molecular complexity index is 855. The van der Waals surface area contributed by atoms with Crippen LogP contribution >= 0.6 is 0 Å². The van der Waals surface area contributed by atoms with E-state index in [1.807, 2.05) is 12.1 Å². The van der Waals surface area contributed by atoms with E-state index in [0.717, 1.165) is 12.0 Å². The molecule has 2 rings (SSSR count). The van der Waals surface area contributed by atoms with Gasteiger partial charge < -0.3 is 5.32 Å². The van der Waals surface area contributed by atoms with Crippen molar-refractivity contribution in [3.8, 4) is 0 Å². The van der Waals surface area contributed by atoms with E-state index >= 15 is 0 Å². The van der Waals surface area contributed by atoms with Crippen molar-refractivity contribution in [2.24, 2.45) is 5.92 Å². The smallest absolute Gasteiger partial charge is 0.261 e. The summed E-state index contributed by atoms with van der Waals surface area (Å²) in [7, 11) is -3.70. The molecule has 0 spiro atoms. The number of hydrogen-bond donors (Lipinski definition) is 2. The van der Waals surface area contributed by atoms with Crippen molar-refractivity contribution in [1.29, 1.82) is 0 Å². The first-order chi connectivity index (χ1) is 12.7. The molecule has 0 aliphatic rings. The summed E-state index contributed by atoms with van der Waals surface area (Å²) in [6.45, 7) is 8.95. The summed E-state index contributed by atoms with van der Waals surface area (Å²) in [5.74, 6) is 0.699. The van der Waals surface area contributed by atoms with Gasteiger partial charge in [0.25, 0.3) is 15.9 Å². The molecule has 0 aliphatic carbocycles. The lowest BCUT2D eigenvalue weighted by Gasteiger charge is -2.11. The van der Waals surface area contributed by atoms with Gasteiger partial charge in [-0.3, -0.25) is 9.52 Å². The van der Waals surface area contributed by atoms with Crippen LogP contribution in [0.3, 0.4) is 0 Å². The van der Waals surface area contributed by atoms with Crippen LogP contribution in [0.5, 0.6) is 0 Å². The van der Waals surface area contributed by atoms with E-state index in [0.29, 0.717) is 29.6 Å². The zero-order valence-electron chi connectivity index (χ0n) is 16.3. The highest BCUT2D eigenvalue weighted by Gasteiger charge is 2.15. The highest BCUT2D eigenvalue weighted by molar-refractivity contribution is 7.92. The molecule has 2 aromatic carbocycles. The molecule has 0 saturated carbocycles. The molecule has 146 valence electrons. The van der Waals surface area contributed by atoms with Crippen molar-refractivity contribution in [3.63, 3.8) is 0 Å². The molecule has 0 atom stereocenters. The summed E-state index contributed by atoms with van der Waals surface area (Å²) in [6.07, 6.45) is 0.901. The average Bonchev–Trinajstić information content (AvgIpc) is 2.61. The van der Waals surface area contributed by atoms with Crippen molar-refractivity contribution in [2.75, 3.05) is 11.3 Å². The zero-order chi connectivity index (χ0) is 20.0. The number of nitrogens with one attached hydrogen (secondary N) is 2. The van der Waals surface area contributed by atoms with Gasteiger partial charge in [-0.15, -0.1) is 0 Å². The number of sulfonamides is 1. The first-order valence-electron chi connectivity index (χ1n) is 9.20. The largest absolute Gasteiger partial charge is 0.352 e. The topological polar surface area (TPSA) is 75.3 Å². The Hall–Kier alpha value is -2.34. The molecule has 27 heavy (non-hydrogen) atoms. The summed E-state index contributed by atoms with van der Waals surface area (Å²) in [6, 6.07) is 13.3. The Kier molecular flexibility index (Phi) is 7.02. The van der Waals surface area contributed by atoms with Crippen LogP contribution in [0.1, 0.15) is 56.0 Å². The Morgan fingerprint density at radius 2 is 1.52 bits per heavy atom. The van der Waals surface area contributed by atoms with Crippen LogP contribution in [0.25, 0.3) is 0 Å². The molecule has 1 amide bonds. The summed E-state index contributed by atoms with van der Waals surface area (Å²) in [5, 5.41) is 2.84. The number of rotatable bonds is 8. The van der Waals surface area contributed by atoms with Crippen LogP contribution in [0, 0.1) is 5.92 Å². The summed E-state index contributed by atoms with van der Waals surface area (Å²) < 4.78 is 27.6. The Labute approximate surface area is 162 Å². The highest BCUT2D eigenvalue weighted by atomic mass is 32.2. The molecule has 5 nitrogen and oxygen atoms in total. The maximum atomic E-state index is 12.5. The number of hydrogen-bond acceptors (Lipinski definition) is 3. The van der Waals surface area contributed by atoms with Crippen LogP contribution in [0.4, 0.5) is 5.69 Å². The number of amides is 1. The minimum Gasteiger partial charge on any atom is -0.352 e. The zero-order valence-corrected chi connectivity index (χ0v) is 17.1. The Balaban J connectivity index is 2.05. The second-order valence-corrected chi connectivity index (χ2v) is 9.03. The first kappa shape index (κ1) is 21.0. The second-order valence-electron chi connectivity index (χ2n) is 7.35. The van der Waals surface area contributed by atoms with Gasteiger partial charge in [0.1, 0.15) is 0 Å². The van der Waals surface area contributed by atoms with Gasteiger partial charge in [-0.1, -0.05) is 39.8 Å². The minimum atomic E-state index is -3.70. The number of anilines is 1. The SMILES string of the molecule is CC(C)CCNC(=O)c1ccc(S(=O)(=O)Nc2ccc(C(C)C)cc2)cc1. The quantitative estimate of drug-likeness (QED) is 0.704. The Morgan fingerprint density at radius 3 is 2.04 bits per heavy atom. The molecule has 6 heteroatoms. The van der Waals surface area contributed by atoms with E-state index in [1.54, 1.807) is 12.1 Å². The third-order valence-electron chi connectivity index (χ3n) is 4.26. The van der Waals surface area contributed by atoms with Gasteiger partial charge in [0.15, 0.2) is 0 Å². The number of carbonyl (C=O) groups is 1. The average molecular weight is 389 g/mol. The fraction of sp³-hybridized carbons (Fsp3) is 0.381. The van der Waals surface area contributed by atoms with Gasteiger partial charge in [-0.05, 0) is 60.2 Å². The van der Waals surface area contributed by atoms with E-state index in [4.69, 9.17) is 0 Å². The first-order valence-corrected chi connectivity index (χ1v) is 10.7. The number of benzene rings is 2. The van der Waals surface area contributed by atoms with Crippen molar-refractivity contribution in [3.05, 3.63) is 59.7 Å². The van der Waals surface area contributed by atoms with Gasteiger partial charge in [-0.2, -0.15) is 0 Å². The summed E-state index contributed by atoms with van der Waals surface area (Å²) in [4.78, 5) is 12.2. The third kappa shape index (κ3) is 6.10. The minimum absolute atomic E-state index is 0.120. The monoisotopic (exact) mass is 388 g/mol. The fourth-order valence-corrected chi connectivity index (χ4v) is 3.57. The van der Waals surface area contributed by atoms with Crippen molar-refractivity contribution < 1.29 is 13.2 Å². The van der Waals surface area contributed by atoms with Crippen LogP contribution in [0.2, 0.25) is 0 Å². The predicted octanol–water partition coefficient (Wildman–Crippen LogP) is 4.39. The third-order valence-corrected chi connectivity index (χ3v) is 5.66. The molecule has 2 N–H and O–H groups in total. The lowest BCUT2D eigenvalue weighted by molar-refractivity contribution is 0.0952. The van der Waals surface area contributed by atoms with Crippen LogP contribution in [0.15, 0.2) is 53.4 Å². The molecule has 0 heterocycles. The van der Waals surface area contributed by atoms with Crippen molar-refractivity contribution in [1.82, 2.24) is 5.32 Å². The van der Waals surface area contributed by atoms with Gasteiger partial charge in [-0.25, -0.2) is 8.42 Å². The standard InChI is InChI=1S/C21H28N2O3S/c1-15(2)13-14-22-21(24)18-7-11-20(12-8-18)27(25,26)23-19-9-5-17(6-10-19)16(3)4/h5-12,15-16,23H,13-14H2,1-4H3,(H,22,24). The molecule has 0 aliphatic heterocycles. The van der Waals surface area contributed by atoms with Crippen LogP contribution < -0.4 is 10.0 Å². The van der Waals surface area contributed by atoms with Crippen LogP contribution in [-0.2, 0) is 10.0 Å². The highest BCUT2D eigenvalue weighted by Crippen LogP contribution is 2.20. The molecule has 0 saturated heterocycles. The molecule has 0 aromatic heterocycles. The predicted molar refractivity (Wildman–Crippen MR) is 110 cm³/mol. The summed E-state index contributed by atoms with van der Waals surface area (Å²) in [5.41, 5.74) is 2.10. The van der Waals surface area contributed by atoms with Gasteiger partial charge in [0.05, 0.1) is 4.90 Å². The normalized spacial score (nSPS) is 11.6. The molecule has 0 fully saturated rings. The molecule has 0 radical (unpaired) electrons. The van der Waals surface area contributed by atoms with Gasteiger partial charge >= 0.3 is 0 Å². The van der Waals surface area contributed by atoms with E-state index in [9.17, 15) is 13.2 Å². The summed E-state index contributed by atoms with van der Waals surface area (Å²) >= 11 is 0. The maximum absolute atomic E-state index is 12.5. The Morgan fingerprint density at radius 1 is 0.926 bits per heavy atom. The van der Waals surface area contributed by atoms with E-state index in [-0.39, 0.29) is 10.8 Å². The van der Waals surface area contributed by atoms with Crippen molar-refractivity contribution in [2.45, 2.75) is 44.9 Å². The van der Waals surface area contributed by atoms with Crippen molar-refractivity contribution >= 4 is 21.6 Å². The molecular weight excluding hydrogens is 360 g/mol.